The fourth-order valence-corrected chi connectivity index (χ4v) is 3.43. The molecule has 1 aliphatic rings. The number of hydrogen-bond acceptors (Lipinski definition) is 6. The summed E-state index contributed by atoms with van der Waals surface area (Å²) in [6.45, 7) is 2.61. The second-order valence-electron chi connectivity index (χ2n) is 6.99. The number of para-hydroxylation sites is 1. The zero-order chi connectivity index (χ0) is 20.5. The summed E-state index contributed by atoms with van der Waals surface area (Å²) in [5.74, 6) is 2.13. The maximum absolute atomic E-state index is 5.58. The van der Waals surface area contributed by atoms with E-state index >= 15 is 0 Å². The highest BCUT2D eigenvalue weighted by Crippen LogP contribution is 2.28. The van der Waals surface area contributed by atoms with Crippen LogP contribution < -0.4 is 15.0 Å². The van der Waals surface area contributed by atoms with Crippen molar-refractivity contribution in [2.45, 2.75) is 13.5 Å². The molecule has 0 aliphatic carbocycles. The summed E-state index contributed by atoms with van der Waals surface area (Å²) in [4.78, 5) is 11.1. The number of ether oxygens (including phenoxy) is 1. The smallest absolute Gasteiger partial charge is 0.247 e. The second kappa shape index (κ2) is 7.40. The molecule has 0 fully saturated rings. The van der Waals surface area contributed by atoms with Gasteiger partial charge in [0.05, 0.1) is 31.4 Å². The Kier molecular flexibility index (Phi) is 4.44. The van der Waals surface area contributed by atoms with E-state index < -0.39 is 0 Å². The van der Waals surface area contributed by atoms with E-state index in [0.29, 0.717) is 12.5 Å². The van der Waals surface area contributed by atoms with E-state index in [1.807, 2.05) is 66.5 Å². The molecule has 0 saturated heterocycles. The molecule has 8 nitrogen and oxygen atoms in total. The highest BCUT2D eigenvalue weighted by Gasteiger charge is 2.17. The van der Waals surface area contributed by atoms with E-state index in [9.17, 15) is 0 Å². The molecule has 0 atom stereocenters. The number of fused-ring (bicyclic) bond motifs is 1. The van der Waals surface area contributed by atoms with Crippen molar-refractivity contribution in [3.8, 4) is 11.4 Å². The van der Waals surface area contributed by atoms with Crippen LogP contribution in [0.15, 0.2) is 67.3 Å². The summed E-state index contributed by atoms with van der Waals surface area (Å²) in [5.41, 5.74) is 3.83. The summed E-state index contributed by atoms with van der Waals surface area (Å²) < 4.78 is 9.31. The molecule has 2 aromatic heterocycles. The van der Waals surface area contributed by atoms with Gasteiger partial charge in [0.2, 0.25) is 5.95 Å². The first-order valence-electron chi connectivity index (χ1n) is 9.61. The topological polar surface area (TPSA) is 73.0 Å². The minimum absolute atomic E-state index is 0.540. The van der Waals surface area contributed by atoms with Gasteiger partial charge in [0.15, 0.2) is 5.82 Å². The Morgan fingerprint density at radius 1 is 1.07 bits per heavy atom. The van der Waals surface area contributed by atoms with Gasteiger partial charge in [-0.05, 0) is 31.2 Å². The molecule has 3 heterocycles. The fraction of sp³-hybridized carbons (Fsp3) is 0.136. The maximum atomic E-state index is 5.58. The molecule has 2 aromatic carbocycles. The van der Waals surface area contributed by atoms with E-state index in [1.165, 1.54) is 0 Å². The summed E-state index contributed by atoms with van der Waals surface area (Å²) in [6, 6.07) is 16.1. The lowest BCUT2D eigenvalue weighted by Crippen LogP contribution is -2.22. The lowest BCUT2D eigenvalue weighted by Gasteiger charge is -2.22. The maximum Gasteiger partial charge on any atom is 0.247 e. The average molecular weight is 399 g/mol. The Hall–Kier alpha value is -4.07. The van der Waals surface area contributed by atoms with Crippen molar-refractivity contribution in [1.82, 2.24) is 24.3 Å². The van der Waals surface area contributed by atoms with Gasteiger partial charge >= 0.3 is 0 Å². The molecule has 0 bridgehead atoms. The summed E-state index contributed by atoms with van der Waals surface area (Å²) in [6.07, 6.45) is 7.65. The van der Waals surface area contributed by atoms with Gasteiger partial charge in [-0.3, -0.25) is 0 Å². The Morgan fingerprint density at radius 3 is 2.70 bits per heavy atom. The molecule has 1 N–H and O–H groups in total. The van der Waals surface area contributed by atoms with Crippen molar-refractivity contribution in [2.75, 3.05) is 17.3 Å². The highest BCUT2D eigenvalue weighted by molar-refractivity contribution is 5.62. The van der Waals surface area contributed by atoms with E-state index in [4.69, 9.17) is 4.74 Å². The number of hydrogen-bond donors (Lipinski definition) is 1. The predicted octanol–water partition coefficient (Wildman–Crippen LogP) is 3.97. The molecule has 0 radical (unpaired) electrons. The lowest BCUT2D eigenvalue weighted by atomic mass is 10.2. The van der Waals surface area contributed by atoms with Gasteiger partial charge in [-0.25, -0.2) is 9.67 Å². The summed E-state index contributed by atoms with van der Waals surface area (Å²) in [5, 5.41) is 7.81. The van der Waals surface area contributed by atoms with Crippen LogP contribution in [-0.2, 0) is 6.54 Å². The number of nitrogens with one attached hydrogen (secondary N) is 1. The molecule has 150 valence electrons. The summed E-state index contributed by atoms with van der Waals surface area (Å²) in [7, 11) is 1.66. The van der Waals surface area contributed by atoms with Gasteiger partial charge < -0.3 is 19.5 Å². The molecule has 0 unspecified atom stereocenters. The Labute approximate surface area is 174 Å². The standard InChI is InChI=1S/C22H21N7O/c1-16-13-28(15-23-16)19-9-8-17(12-20(19)30-2)24-22-25-21-14-27(10-11-29(21)26-22)18-6-4-3-5-7-18/h3-13,15H,14H2,1-2H3,(H,24,26). The van der Waals surface area contributed by atoms with E-state index in [1.54, 1.807) is 18.1 Å². The Balaban J connectivity index is 1.36. The second-order valence-corrected chi connectivity index (χ2v) is 6.99. The van der Waals surface area contributed by atoms with Crippen molar-refractivity contribution in [3.63, 3.8) is 0 Å². The zero-order valence-corrected chi connectivity index (χ0v) is 16.7. The molecule has 0 saturated carbocycles. The van der Waals surface area contributed by atoms with Crippen LogP contribution in [0.5, 0.6) is 5.75 Å². The molecule has 1 aliphatic heterocycles. The van der Waals surface area contributed by atoms with Crippen LogP contribution in [0, 0.1) is 6.92 Å². The number of methoxy groups -OCH3 is 1. The average Bonchev–Trinajstić information content (AvgIpc) is 3.39. The number of anilines is 3. The highest BCUT2D eigenvalue weighted by atomic mass is 16.5. The zero-order valence-electron chi connectivity index (χ0n) is 16.7. The van der Waals surface area contributed by atoms with Crippen molar-refractivity contribution in [3.05, 3.63) is 78.8 Å². The Morgan fingerprint density at radius 2 is 1.93 bits per heavy atom. The van der Waals surface area contributed by atoms with Gasteiger partial charge in [-0.2, -0.15) is 4.98 Å². The molecule has 4 aromatic rings. The van der Waals surface area contributed by atoms with Crippen LogP contribution in [0.2, 0.25) is 0 Å². The van der Waals surface area contributed by atoms with E-state index in [2.05, 4.69) is 37.4 Å². The van der Waals surface area contributed by atoms with Crippen LogP contribution in [0.1, 0.15) is 11.5 Å². The Bertz CT molecular complexity index is 1210. The third kappa shape index (κ3) is 3.39. The number of imidazole rings is 1. The molecule has 0 amide bonds. The van der Waals surface area contributed by atoms with Crippen molar-refractivity contribution < 1.29 is 4.74 Å². The van der Waals surface area contributed by atoms with Gasteiger partial charge in [-0.15, -0.1) is 5.10 Å². The van der Waals surface area contributed by atoms with Gasteiger partial charge in [-0.1, -0.05) is 18.2 Å². The SMILES string of the molecule is COc1cc(Nc2nc3n(n2)C=CN(c2ccccc2)C3)ccc1-n1cnc(C)c1. The molecule has 0 spiro atoms. The minimum atomic E-state index is 0.540. The fourth-order valence-electron chi connectivity index (χ4n) is 3.43. The van der Waals surface area contributed by atoms with Gasteiger partial charge in [0.1, 0.15) is 5.75 Å². The number of nitrogens with zero attached hydrogens (tertiary/aromatic N) is 6. The third-order valence-electron chi connectivity index (χ3n) is 4.92. The number of aromatic nitrogens is 5. The molecular weight excluding hydrogens is 378 g/mol. The normalized spacial score (nSPS) is 12.7. The van der Waals surface area contributed by atoms with Gasteiger partial charge in [0.25, 0.3) is 0 Å². The predicted molar refractivity (Wildman–Crippen MR) is 116 cm³/mol. The van der Waals surface area contributed by atoms with Crippen LogP contribution in [0.3, 0.4) is 0 Å². The van der Waals surface area contributed by atoms with Crippen LogP contribution in [-0.4, -0.2) is 31.4 Å². The monoisotopic (exact) mass is 399 g/mol. The first-order valence-corrected chi connectivity index (χ1v) is 9.61. The van der Waals surface area contributed by atoms with Crippen LogP contribution in [0.25, 0.3) is 11.9 Å². The van der Waals surface area contributed by atoms with Gasteiger partial charge in [0, 0.05) is 36.0 Å². The van der Waals surface area contributed by atoms with E-state index in [0.717, 1.165) is 34.3 Å². The quantitative estimate of drug-likeness (QED) is 0.547. The number of rotatable bonds is 5. The molecule has 5 rings (SSSR count). The van der Waals surface area contributed by atoms with Crippen molar-refractivity contribution in [1.29, 1.82) is 0 Å². The number of aryl methyl sites for hydroxylation is 1. The number of benzene rings is 2. The lowest BCUT2D eigenvalue weighted by molar-refractivity contribution is 0.413. The van der Waals surface area contributed by atoms with Crippen molar-refractivity contribution >= 4 is 23.5 Å². The first-order chi connectivity index (χ1) is 14.7. The van der Waals surface area contributed by atoms with Crippen LogP contribution in [0.4, 0.5) is 17.3 Å². The van der Waals surface area contributed by atoms with Crippen LogP contribution >= 0.6 is 0 Å². The van der Waals surface area contributed by atoms with Crippen molar-refractivity contribution in [2.24, 2.45) is 0 Å². The largest absolute Gasteiger partial charge is 0.494 e. The summed E-state index contributed by atoms with van der Waals surface area (Å²) >= 11 is 0. The molecule has 8 heteroatoms. The molecular formula is C22H21N7O. The van der Waals surface area contributed by atoms with E-state index in [-0.39, 0.29) is 0 Å². The third-order valence-corrected chi connectivity index (χ3v) is 4.92. The first kappa shape index (κ1) is 18.0. The minimum Gasteiger partial charge on any atom is -0.494 e. The molecule has 30 heavy (non-hydrogen) atoms.